The SMILES string of the molecule is CCn1nc(C(=O)O[C@H](C)C(=O)N[C@@H]2CCCC[C@H]2C)c2ccccc2c1=O. The molecule has 1 amide bonds. The van der Waals surface area contributed by atoms with Crippen LogP contribution < -0.4 is 10.9 Å². The Morgan fingerprint density at radius 3 is 2.61 bits per heavy atom. The third-order valence-corrected chi connectivity index (χ3v) is 5.45. The van der Waals surface area contributed by atoms with Gasteiger partial charge in [-0.25, -0.2) is 9.48 Å². The van der Waals surface area contributed by atoms with E-state index in [0.717, 1.165) is 19.3 Å². The molecule has 1 saturated carbocycles. The summed E-state index contributed by atoms with van der Waals surface area (Å²) in [6.07, 6.45) is 3.38. The Morgan fingerprint density at radius 1 is 1.25 bits per heavy atom. The molecule has 0 aliphatic heterocycles. The fraction of sp³-hybridized carbons (Fsp3) is 0.524. The van der Waals surface area contributed by atoms with Crippen LogP contribution in [0, 0.1) is 5.92 Å². The Bertz CT molecular complexity index is 937. The highest BCUT2D eigenvalue weighted by Gasteiger charge is 2.27. The van der Waals surface area contributed by atoms with E-state index < -0.39 is 12.1 Å². The van der Waals surface area contributed by atoms with E-state index in [0.29, 0.717) is 23.2 Å². The first-order valence-electron chi connectivity index (χ1n) is 9.93. The van der Waals surface area contributed by atoms with Gasteiger partial charge in [0.05, 0.1) is 5.39 Å². The zero-order valence-corrected chi connectivity index (χ0v) is 16.6. The second-order valence-corrected chi connectivity index (χ2v) is 7.44. The molecule has 1 fully saturated rings. The van der Waals surface area contributed by atoms with Crippen molar-refractivity contribution in [3.63, 3.8) is 0 Å². The molecule has 1 heterocycles. The molecule has 1 aliphatic carbocycles. The van der Waals surface area contributed by atoms with Gasteiger partial charge in [-0.3, -0.25) is 9.59 Å². The maximum Gasteiger partial charge on any atom is 0.360 e. The Labute approximate surface area is 164 Å². The van der Waals surface area contributed by atoms with E-state index in [2.05, 4.69) is 17.3 Å². The number of nitrogens with one attached hydrogen (secondary N) is 1. The van der Waals surface area contributed by atoms with Crippen LogP contribution in [0.3, 0.4) is 0 Å². The topological polar surface area (TPSA) is 90.3 Å². The molecule has 7 nitrogen and oxygen atoms in total. The fourth-order valence-corrected chi connectivity index (χ4v) is 3.70. The minimum atomic E-state index is -0.941. The molecule has 150 valence electrons. The summed E-state index contributed by atoms with van der Waals surface area (Å²) >= 11 is 0. The van der Waals surface area contributed by atoms with E-state index in [9.17, 15) is 14.4 Å². The number of ether oxygens (including phenoxy) is 1. The summed E-state index contributed by atoms with van der Waals surface area (Å²) in [6.45, 7) is 5.79. The quantitative estimate of drug-likeness (QED) is 0.799. The summed E-state index contributed by atoms with van der Waals surface area (Å²) in [5, 5.41) is 7.99. The summed E-state index contributed by atoms with van der Waals surface area (Å²) in [7, 11) is 0. The number of rotatable bonds is 5. The first-order valence-corrected chi connectivity index (χ1v) is 9.93. The monoisotopic (exact) mass is 385 g/mol. The second-order valence-electron chi connectivity index (χ2n) is 7.44. The zero-order valence-electron chi connectivity index (χ0n) is 16.6. The summed E-state index contributed by atoms with van der Waals surface area (Å²) < 4.78 is 6.62. The van der Waals surface area contributed by atoms with Crippen LogP contribution in [0.4, 0.5) is 0 Å². The highest BCUT2D eigenvalue weighted by Crippen LogP contribution is 2.24. The Balaban J connectivity index is 1.78. The van der Waals surface area contributed by atoms with E-state index in [1.54, 1.807) is 38.1 Å². The molecule has 1 N–H and O–H groups in total. The number of carbonyl (C=O) groups excluding carboxylic acids is 2. The average Bonchev–Trinajstić information content (AvgIpc) is 2.70. The minimum absolute atomic E-state index is 0.0442. The molecule has 1 aliphatic rings. The predicted octanol–water partition coefficient (Wildman–Crippen LogP) is 2.66. The molecule has 0 spiro atoms. The summed E-state index contributed by atoms with van der Waals surface area (Å²) in [5.41, 5.74) is -0.213. The van der Waals surface area contributed by atoms with Crippen LogP contribution in [0.25, 0.3) is 10.8 Å². The lowest BCUT2D eigenvalue weighted by Gasteiger charge is -2.30. The van der Waals surface area contributed by atoms with E-state index in [4.69, 9.17) is 4.74 Å². The number of amides is 1. The molecule has 3 rings (SSSR count). The Kier molecular flexibility index (Phi) is 6.11. The maximum atomic E-state index is 12.7. The predicted molar refractivity (Wildman–Crippen MR) is 106 cm³/mol. The molecule has 0 bridgehead atoms. The van der Waals surface area contributed by atoms with Crippen molar-refractivity contribution in [1.82, 2.24) is 15.1 Å². The number of aromatic nitrogens is 2. The van der Waals surface area contributed by atoms with Gasteiger partial charge < -0.3 is 10.1 Å². The van der Waals surface area contributed by atoms with Crippen LogP contribution in [-0.2, 0) is 16.1 Å². The maximum absolute atomic E-state index is 12.7. The molecular formula is C21H27N3O4. The van der Waals surface area contributed by atoms with Gasteiger partial charge in [-0.2, -0.15) is 5.10 Å². The fourth-order valence-electron chi connectivity index (χ4n) is 3.70. The van der Waals surface area contributed by atoms with E-state index >= 15 is 0 Å². The highest BCUT2D eigenvalue weighted by atomic mass is 16.5. The number of aryl methyl sites for hydroxylation is 1. The van der Waals surface area contributed by atoms with Gasteiger partial charge in [-0.15, -0.1) is 0 Å². The zero-order chi connectivity index (χ0) is 20.3. The number of carbonyl (C=O) groups is 2. The summed E-state index contributed by atoms with van der Waals surface area (Å²) in [6, 6.07) is 6.90. The van der Waals surface area contributed by atoms with Gasteiger partial charge >= 0.3 is 5.97 Å². The van der Waals surface area contributed by atoms with Crippen molar-refractivity contribution in [3.8, 4) is 0 Å². The Morgan fingerprint density at radius 2 is 1.93 bits per heavy atom. The first-order chi connectivity index (χ1) is 13.4. The third kappa shape index (κ3) is 4.08. The van der Waals surface area contributed by atoms with Gasteiger partial charge in [0, 0.05) is 18.0 Å². The van der Waals surface area contributed by atoms with Crippen molar-refractivity contribution in [2.24, 2.45) is 5.92 Å². The molecule has 0 saturated heterocycles. The van der Waals surface area contributed by atoms with Crippen LogP contribution in [0.5, 0.6) is 0 Å². The van der Waals surface area contributed by atoms with E-state index in [1.807, 2.05) is 0 Å². The molecule has 7 heteroatoms. The lowest BCUT2D eigenvalue weighted by Crippen LogP contribution is -2.46. The van der Waals surface area contributed by atoms with Crippen molar-refractivity contribution in [3.05, 3.63) is 40.3 Å². The average molecular weight is 385 g/mol. The van der Waals surface area contributed by atoms with Crippen LogP contribution in [0.1, 0.15) is 56.9 Å². The van der Waals surface area contributed by atoms with Crippen LogP contribution in [-0.4, -0.2) is 33.8 Å². The van der Waals surface area contributed by atoms with Gasteiger partial charge in [0.2, 0.25) is 0 Å². The van der Waals surface area contributed by atoms with Crippen LogP contribution >= 0.6 is 0 Å². The molecule has 1 aromatic carbocycles. The van der Waals surface area contributed by atoms with E-state index in [-0.39, 0.29) is 23.2 Å². The summed E-state index contributed by atoms with van der Waals surface area (Å²) in [5.74, 6) is -0.600. The van der Waals surface area contributed by atoms with Crippen molar-refractivity contribution in [1.29, 1.82) is 0 Å². The normalized spacial score (nSPS) is 20.5. The number of benzene rings is 1. The highest BCUT2D eigenvalue weighted by molar-refractivity contribution is 6.02. The number of fused-ring (bicyclic) bond motifs is 1. The Hall–Kier alpha value is -2.70. The summed E-state index contributed by atoms with van der Waals surface area (Å²) in [4.78, 5) is 37.6. The van der Waals surface area contributed by atoms with Crippen molar-refractivity contribution < 1.29 is 14.3 Å². The van der Waals surface area contributed by atoms with Crippen molar-refractivity contribution >= 4 is 22.6 Å². The van der Waals surface area contributed by atoms with Gasteiger partial charge in [0.25, 0.3) is 11.5 Å². The minimum Gasteiger partial charge on any atom is -0.448 e. The first kappa shape index (κ1) is 20.0. The number of nitrogens with zero attached hydrogens (tertiary/aromatic N) is 2. The standard InChI is InChI=1S/C21H27N3O4/c1-4-24-20(26)16-11-7-6-10-15(16)18(23-24)21(27)28-14(3)19(25)22-17-12-8-5-9-13(17)2/h6-7,10-11,13-14,17H,4-5,8-9,12H2,1-3H3,(H,22,25)/t13-,14-,17-/m1/s1. The number of hydrogen-bond donors (Lipinski definition) is 1. The lowest BCUT2D eigenvalue weighted by molar-refractivity contribution is -0.130. The number of esters is 1. The molecule has 0 unspecified atom stereocenters. The molecule has 3 atom stereocenters. The van der Waals surface area contributed by atoms with Crippen molar-refractivity contribution in [2.75, 3.05) is 0 Å². The molecule has 2 aromatic rings. The second kappa shape index (κ2) is 8.54. The van der Waals surface area contributed by atoms with Crippen LogP contribution in [0.2, 0.25) is 0 Å². The largest absolute Gasteiger partial charge is 0.448 e. The van der Waals surface area contributed by atoms with Gasteiger partial charge in [-0.1, -0.05) is 38.0 Å². The molecule has 1 aromatic heterocycles. The number of hydrogen-bond acceptors (Lipinski definition) is 5. The third-order valence-electron chi connectivity index (χ3n) is 5.45. The smallest absolute Gasteiger partial charge is 0.360 e. The van der Waals surface area contributed by atoms with E-state index in [1.165, 1.54) is 11.1 Å². The van der Waals surface area contributed by atoms with Gasteiger partial charge in [-0.05, 0) is 38.7 Å². The lowest BCUT2D eigenvalue weighted by atomic mass is 9.86. The van der Waals surface area contributed by atoms with Crippen molar-refractivity contribution in [2.45, 2.75) is 65.1 Å². The molecule has 0 radical (unpaired) electrons. The molecular weight excluding hydrogens is 358 g/mol. The van der Waals surface area contributed by atoms with Crippen LogP contribution in [0.15, 0.2) is 29.1 Å². The molecule has 28 heavy (non-hydrogen) atoms. The van der Waals surface area contributed by atoms with Gasteiger partial charge in [0.15, 0.2) is 11.8 Å². The van der Waals surface area contributed by atoms with Gasteiger partial charge in [0.1, 0.15) is 0 Å².